The molecule has 0 aliphatic carbocycles. The molecule has 0 bridgehead atoms. The molecular weight excluding hydrogens is 170 g/mol. The minimum absolute atomic E-state index is 0.0984. The van der Waals surface area contributed by atoms with Gasteiger partial charge in [0.25, 0.3) is 0 Å². The fourth-order valence-electron chi connectivity index (χ4n) is 1.43. The van der Waals surface area contributed by atoms with Crippen LogP contribution < -0.4 is 0 Å². The summed E-state index contributed by atoms with van der Waals surface area (Å²) < 4.78 is 10.6. The van der Waals surface area contributed by atoms with E-state index in [-0.39, 0.29) is 12.4 Å². The summed E-state index contributed by atoms with van der Waals surface area (Å²) in [6, 6.07) is 0. The summed E-state index contributed by atoms with van der Waals surface area (Å²) in [5.41, 5.74) is 0. The van der Waals surface area contributed by atoms with Crippen molar-refractivity contribution < 1.29 is 14.6 Å². The predicted octanol–water partition coefficient (Wildman–Crippen LogP) is 0.0620. The zero-order valence-corrected chi connectivity index (χ0v) is 8.40. The maximum Gasteiger partial charge on any atom is 0.170 e. The largest absolute Gasteiger partial charge is 0.392 e. The Morgan fingerprint density at radius 3 is 2.54 bits per heavy atom. The van der Waals surface area contributed by atoms with E-state index in [1.54, 1.807) is 6.92 Å². The van der Waals surface area contributed by atoms with Gasteiger partial charge >= 0.3 is 0 Å². The molecule has 1 heterocycles. The van der Waals surface area contributed by atoms with E-state index in [0.717, 1.165) is 13.1 Å². The summed E-state index contributed by atoms with van der Waals surface area (Å²) in [6.45, 7) is 7.58. The van der Waals surface area contributed by atoms with Crippen LogP contribution in [-0.2, 0) is 9.47 Å². The standard InChI is InChI=1S/C9H19NO3/c1-3-10(6-8(2)11)7-9-12-4-5-13-9/h8-9,11H,3-7H2,1-2H3. The topological polar surface area (TPSA) is 41.9 Å². The Morgan fingerprint density at radius 2 is 2.08 bits per heavy atom. The zero-order chi connectivity index (χ0) is 9.68. The molecule has 0 aromatic rings. The van der Waals surface area contributed by atoms with Gasteiger partial charge in [0, 0.05) is 13.1 Å². The molecule has 0 spiro atoms. The highest BCUT2D eigenvalue weighted by Gasteiger charge is 2.19. The van der Waals surface area contributed by atoms with Crippen molar-refractivity contribution in [3.05, 3.63) is 0 Å². The van der Waals surface area contributed by atoms with Crippen LogP contribution in [0.4, 0.5) is 0 Å². The quantitative estimate of drug-likeness (QED) is 0.664. The van der Waals surface area contributed by atoms with Gasteiger partial charge in [-0.3, -0.25) is 4.90 Å². The molecule has 1 aliphatic rings. The molecule has 0 aromatic carbocycles. The Hall–Kier alpha value is -0.160. The minimum Gasteiger partial charge on any atom is -0.392 e. The molecule has 1 atom stereocenters. The molecule has 0 amide bonds. The molecule has 1 fully saturated rings. The lowest BCUT2D eigenvalue weighted by Gasteiger charge is -2.24. The molecule has 0 saturated carbocycles. The van der Waals surface area contributed by atoms with Crippen molar-refractivity contribution in [2.75, 3.05) is 32.8 Å². The van der Waals surface area contributed by atoms with Crippen molar-refractivity contribution in [3.63, 3.8) is 0 Å². The van der Waals surface area contributed by atoms with Crippen LogP contribution in [0.2, 0.25) is 0 Å². The van der Waals surface area contributed by atoms with E-state index in [2.05, 4.69) is 11.8 Å². The van der Waals surface area contributed by atoms with Gasteiger partial charge in [-0.1, -0.05) is 6.92 Å². The highest BCUT2D eigenvalue weighted by atomic mass is 16.7. The maximum absolute atomic E-state index is 9.20. The van der Waals surface area contributed by atoms with E-state index in [0.29, 0.717) is 19.8 Å². The van der Waals surface area contributed by atoms with Crippen LogP contribution in [0.1, 0.15) is 13.8 Å². The van der Waals surface area contributed by atoms with E-state index >= 15 is 0 Å². The fourth-order valence-corrected chi connectivity index (χ4v) is 1.43. The second kappa shape index (κ2) is 5.54. The van der Waals surface area contributed by atoms with Crippen LogP contribution in [0.5, 0.6) is 0 Å². The normalized spacial score (nSPS) is 21.2. The van der Waals surface area contributed by atoms with Gasteiger partial charge in [0.15, 0.2) is 6.29 Å². The third kappa shape index (κ3) is 4.04. The number of likely N-dealkylation sites (N-methyl/N-ethyl adjacent to an activating group) is 1. The summed E-state index contributed by atoms with van der Waals surface area (Å²) in [4.78, 5) is 2.13. The Morgan fingerprint density at radius 1 is 1.46 bits per heavy atom. The van der Waals surface area contributed by atoms with Gasteiger partial charge in [-0.05, 0) is 13.5 Å². The molecule has 1 saturated heterocycles. The first-order valence-corrected chi connectivity index (χ1v) is 4.86. The summed E-state index contributed by atoms with van der Waals surface area (Å²) in [5, 5.41) is 9.20. The van der Waals surface area contributed by atoms with Crippen LogP contribution in [0.15, 0.2) is 0 Å². The summed E-state index contributed by atoms with van der Waals surface area (Å²) in [6.07, 6.45) is -0.389. The van der Waals surface area contributed by atoms with E-state index in [4.69, 9.17) is 9.47 Å². The van der Waals surface area contributed by atoms with E-state index in [1.165, 1.54) is 0 Å². The van der Waals surface area contributed by atoms with Crippen LogP contribution in [0.3, 0.4) is 0 Å². The average Bonchev–Trinajstić information content (AvgIpc) is 2.55. The Balaban J connectivity index is 2.21. The third-order valence-electron chi connectivity index (χ3n) is 2.07. The molecule has 0 radical (unpaired) electrons. The lowest BCUT2D eigenvalue weighted by Crippen LogP contribution is -2.37. The Kier molecular flexibility index (Phi) is 4.66. The van der Waals surface area contributed by atoms with Crippen LogP contribution in [0.25, 0.3) is 0 Å². The number of hydrogen-bond acceptors (Lipinski definition) is 4. The first-order chi connectivity index (χ1) is 6.22. The van der Waals surface area contributed by atoms with Crippen LogP contribution in [0, 0.1) is 0 Å². The molecule has 78 valence electrons. The van der Waals surface area contributed by atoms with Gasteiger partial charge in [0.2, 0.25) is 0 Å². The summed E-state index contributed by atoms with van der Waals surface area (Å²) >= 11 is 0. The number of rotatable bonds is 5. The Labute approximate surface area is 79.4 Å². The number of aliphatic hydroxyl groups excluding tert-OH is 1. The lowest BCUT2D eigenvalue weighted by atomic mass is 10.3. The molecule has 4 heteroatoms. The van der Waals surface area contributed by atoms with Crippen molar-refractivity contribution in [2.45, 2.75) is 26.2 Å². The fraction of sp³-hybridized carbons (Fsp3) is 1.00. The Bertz CT molecular complexity index is 135. The van der Waals surface area contributed by atoms with Crippen molar-refractivity contribution >= 4 is 0 Å². The van der Waals surface area contributed by atoms with Gasteiger partial charge in [0.05, 0.1) is 19.3 Å². The third-order valence-corrected chi connectivity index (χ3v) is 2.07. The lowest BCUT2D eigenvalue weighted by molar-refractivity contribution is -0.0651. The summed E-state index contributed by atoms with van der Waals surface area (Å²) in [5.74, 6) is 0. The molecule has 1 N–H and O–H groups in total. The minimum atomic E-state index is -0.290. The molecule has 4 nitrogen and oxygen atoms in total. The van der Waals surface area contributed by atoms with Crippen molar-refractivity contribution in [1.29, 1.82) is 0 Å². The molecule has 0 aromatic heterocycles. The van der Waals surface area contributed by atoms with Crippen LogP contribution in [-0.4, -0.2) is 55.2 Å². The number of ether oxygens (including phenoxy) is 2. The molecule has 1 rings (SSSR count). The zero-order valence-electron chi connectivity index (χ0n) is 8.40. The van der Waals surface area contributed by atoms with Crippen molar-refractivity contribution in [1.82, 2.24) is 4.90 Å². The SMILES string of the molecule is CCN(CC(C)O)CC1OCCO1. The predicted molar refractivity (Wildman–Crippen MR) is 49.5 cm³/mol. The second-order valence-electron chi connectivity index (χ2n) is 3.37. The number of aliphatic hydroxyl groups is 1. The van der Waals surface area contributed by atoms with Crippen LogP contribution >= 0.6 is 0 Å². The molecule has 13 heavy (non-hydrogen) atoms. The first-order valence-electron chi connectivity index (χ1n) is 4.86. The first kappa shape index (κ1) is 10.9. The molecule has 1 aliphatic heterocycles. The van der Waals surface area contributed by atoms with Gasteiger partial charge in [0.1, 0.15) is 0 Å². The van der Waals surface area contributed by atoms with E-state index < -0.39 is 0 Å². The average molecular weight is 189 g/mol. The van der Waals surface area contributed by atoms with Gasteiger partial charge in [-0.2, -0.15) is 0 Å². The van der Waals surface area contributed by atoms with Crippen molar-refractivity contribution in [2.24, 2.45) is 0 Å². The number of hydrogen-bond donors (Lipinski definition) is 1. The summed E-state index contributed by atoms with van der Waals surface area (Å²) in [7, 11) is 0. The highest BCUT2D eigenvalue weighted by molar-refractivity contribution is 4.63. The molecular formula is C9H19NO3. The monoisotopic (exact) mass is 189 g/mol. The van der Waals surface area contributed by atoms with Gasteiger partial charge < -0.3 is 14.6 Å². The molecule has 1 unspecified atom stereocenters. The highest BCUT2D eigenvalue weighted by Crippen LogP contribution is 2.06. The van der Waals surface area contributed by atoms with Crippen molar-refractivity contribution in [3.8, 4) is 0 Å². The maximum atomic E-state index is 9.20. The van der Waals surface area contributed by atoms with Gasteiger partial charge in [-0.15, -0.1) is 0 Å². The van der Waals surface area contributed by atoms with E-state index in [1.807, 2.05) is 0 Å². The van der Waals surface area contributed by atoms with Gasteiger partial charge in [-0.25, -0.2) is 0 Å². The smallest absolute Gasteiger partial charge is 0.170 e. The second-order valence-corrected chi connectivity index (χ2v) is 3.37. The van der Waals surface area contributed by atoms with E-state index in [9.17, 15) is 5.11 Å². The number of nitrogens with zero attached hydrogens (tertiary/aromatic N) is 1.